The van der Waals surface area contributed by atoms with Crippen LogP contribution in [0.2, 0.25) is 0 Å². The van der Waals surface area contributed by atoms with Gasteiger partial charge in [-0.2, -0.15) is 0 Å². The second-order valence-electron chi connectivity index (χ2n) is 4.14. The fraction of sp³-hybridized carbons (Fsp3) is 0.455. The molecule has 0 amide bonds. The molecule has 1 aromatic carbocycles. The zero-order valence-electron chi connectivity index (χ0n) is 9.55. The molecule has 0 saturated carbocycles. The minimum absolute atomic E-state index is 0.00349. The summed E-state index contributed by atoms with van der Waals surface area (Å²) in [5, 5.41) is 13.8. The van der Waals surface area contributed by atoms with Gasteiger partial charge in [-0.05, 0) is 19.4 Å². The lowest BCUT2D eigenvalue weighted by Gasteiger charge is -2.18. The number of nitrogens with two attached hydrogens (primary N) is 1. The highest BCUT2D eigenvalue weighted by atomic mass is 16.6. The number of non-ortho nitro benzene ring substituents is 1. The van der Waals surface area contributed by atoms with Gasteiger partial charge in [0.25, 0.3) is 5.69 Å². The number of hydrogen-bond donors (Lipinski definition) is 2. The van der Waals surface area contributed by atoms with Gasteiger partial charge in [0, 0.05) is 18.7 Å². The van der Waals surface area contributed by atoms with E-state index in [0.717, 1.165) is 18.7 Å². The largest absolute Gasteiger partial charge is 0.397 e. The fourth-order valence-electron chi connectivity index (χ4n) is 1.92. The Labute approximate surface area is 98.9 Å². The molecular weight excluding hydrogens is 222 g/mol. The highest BCUT2D eigenvalue weighted by Gasteiger charge is 2.24. The van der Waals surface area contributed by atoms with Crippen LogP contribution in [0.1, 0.15) is 13.3 Å². The average Bonchev–Trinajstić information content (AvgIpc) is 2.67. The number of nitrogen functional groups attached to an aromatic ring is 1. The van der Waals surface area contributed by atoms with Gasteiger partial charge in [0.05, 0.1) is 28.4 Å². The van der Waals surface area contributed by atoms with Crippen LogP contribution >= 0.6 is 0 Å². The predicted octanol–water partition coefficient (Wildman–Crippen LogP) is 1.77. The second-order valence-corrected chi connectivity index (χ2v) is 4.14. The van der Waals surface area contributed by atoms with Crippen LogP contribution in [-0.2, 0) is 4.74 Å². The van der Waals surface area contributed by atoms with Gasteiger partial charge in [-0.1, -0.05) is 0 Å². The minimum atomic E-state index is -0.457. The van der Waals surface area contributed by atoms with Crippen LogP contribution in [0.3, 0.4) is 0 Å². The van der Waals surface area contributed by atoms with Gasteiger partial charge in [0.2, 0.25) is 0 Å². The van der Waals surface area contributed by atoms with Crippen molar-refractivity contribution in [1.29, 1.82) is 0 Å². The maximum absolute atomic E-state index is 10.6. The van der Waals surface area contributed by atoms with Crippen molar-refractivity contribution in [3.63, 3.8) is 0 Å². The van der Waals surface area contributed by atoms with E-state index in [4.69, 9.17) is 10.5 Å². The van der Waals surface area contributed by atoms with Crippen LogP contribution in [0, 0.1) is 10.1 Å². The summed E-state index contributed by atoms with van der Waals surface area (Å²) in [4.78, 5) is 10.1. The predicted molar refractivity (Wildman–Crippen MR) is 65.0 cm³/mol. The maximum Gasteiger partial charge on any atom is 0.271 e. The first-order chi connectivity index (χ1) is 8.08. The Kier molecular flexibility index (Phi) is 3.14. The number of anilines is 2. The second kappa shape index (κ2) is 4.58. The zero-order chi connectivity index (χ0) is 12.4. The Morgan fingerprint density at radius 2 is 2.35 bits per heavy atom. The lowest BCUT2D eigenvalue weighted by molar-refractivity contribution is -0.384. The van der Waals surface area contributed by atoms with Crippen molar-refractivity contribution in [2.24, 2.45) is 0 Å². The van der Waals surface area contributed by atoms with Gasteiger partial charge < -0.3 is 15.8 Å². The van der Waals surface area contributed by atoms with E-state index in [1.165, 1.54) is 12.1 Å². The first-order valence-corrected chi connectivity index (χ1v) is 5.50. The third kappa shape index (κ3) is 2.47. The van der Waals surface area contributed by atoms with E-state index in [-0.39, 0.29) is 17.8 Å². The van der Waals surface area contributed by atoms with Gasteiger partial charge in [-0.25, -0.2) is 0 Å². The van der Waals surface area contributed by atoms with E-state index in [1.54, 1.807) is 6.07 Å². The Balaban J connectivity index is 2.14. The van der Waals surface area contributed by atoms with Crippen LogP contribution in [0.4, 0.5) is 17.1 Å². The molecule has 0 aliphatic carbocycles. The monoisotopic (exact) mass is 237 g/mol. The first-order valence-electron chi connectivity index (χ1n) is 5.50. The Morgan fingerprint density at radius 3 is 2.88 bits per heavy atom. The summed E-state index contributed by atoms with van der Waals surface area (Å²) in [6.45, 7) is 2.72. The molecule has 1 aliphatic heterocycles. The molecule has 6 nitrogen and oxygen atoms in total. The molecule has 1 fully saturated rings. The number of hydrogen-bond acceptors (Lipinski definition) is 5. The molecule has 0 radical (unpaired) electrons. The van der Waals surface area contributed by atoms with Gasteiger partial charge in [-0.3, -0.25) is 10.1 Å². The normalized spacial score (nSPS) is 23.6. The lowest BCUT2D eigenvalue weighted by atomic mass is 10.1. The molecule has 2 unspecified atom stereocenters. The molecule has 2 atom stereocenters. The van der Waals surface area contributed by atoms with E-state index < -0.39 is 4.92 Å². The number of benzene rings is 1. The average molecular weight is 237 g/mol. The van der Waals surface area contributed by atoms with E-state index in [2.05, 4.69) is 5.32 Å². The standard InChI is InChI=1S/C11H15N3O3/c1-7-10(4-5-17-7)13-11-3-2-8(14(15)16)6-9(11)12/h2-3,6-7,10,13H,4-5,12H2,1H3. The van der Waals surface area contributed by atoms with Crippen LogP contribution in [0.5, 0.6) is 0 Å². The molecule has 6 heteroatoms. The number of nitrogens with zero attached hydrogens (tertiary/aromatic N) is 1. The molecule has 1 aromatic rings. The van der Waals surface area contributed by atoms with E-state index in [0.29, 0.717) is 5.69 Å². The quantitative estimate of drug-likeness (QED) is 0.475. The number of nitro benzene ring substituents is 1. The lowest BCUT2D eigenvalue weighted by Crippen LogP contribution is -2.27. The van der Waals surface area contributed by atoms with Crippen molar-refractivity contribution < 1.29 is 9.66 Å². The van der Waals surface area contributed by atoms with Crippen LogP contribution in [-0.4, -0.2) is 23.7 Å². The van der Waals surface area contributed by atoms with Crippen molar-refractivity contribution >= 4 is 17.1 Å². The number of nitro groups is 1. The van der Waals surface area contributed by atoms with Crippen LogP contribution in [0.15, 0.2) is 18.2 Å². The van der Waals surface area contributed by atoms with E-state index in [1.807, 2.05) is 6.92 Å². The van der Waals surface area contributed by atoms with Gasteiger partial charge >= 0.3 is 0 Å². The van der Waals surface area contributed by atoms with Crippen LogP contribution < -0.4 is 11.1 Å². The highest BCUT2D eigenvalue weighted by molar-refractivity contribution is 5.69. The van der Waals surface area contributed by atoms with Crippen molar-refractivity contribution in [2.45, 2.75) is 25.5 Å². The summed E-state index contributed by atoms with van der Waals surface area (Å²) in [6, 6.07) is 4.65. The van der Waals surface area contributed by atoms with Gasteiger partial charge in [-0.15, -0.1) is 0 Å². The molecule has 0 aromatic heterocycles. The molecule has 0 spiro atoms. The molecular formula is C11H15N3O3. The van der Waals surface area contributed by atoms with E-state index in [9.17, 15) is 10.1 Å². The minimum Gasteiger partial charge on any atom is -0.397 e. The molecule has 3 N–H and O–H groups in total. The number of nitrogens with one attached hydrogen (secondary N) is 1. The molecule has 17 heavy (non-hydrogen) atoms. The molecule has 1 heterocycles. The van der Waals surface area contributed by atoms with Crippen molar-refractivity contribution in [3.8, 4) is 0 Å². The summed E-state index contributed by atoms with van der Waals surface area (Å²) >= 11 is 0. The Hall–Kier alpha value is -1.82. The van der Waals surface area contributed by atoms with Gasteiger partial charge in [0.15, 0.2) is 0 Å². The SMILES string of the molecule is CC1OCCC1Nc1ccc([N+](=O)[O-])cc1N. The molecule has 0 bridgehead atoms. The summed E-state index contributed by atoms with van der Waals surface area (Å²) in [6.07, 6.45) is 1.04. The number of ether oxygens (including phenoxy) is 1. The topological polar surface area (TPSA) is 90.4 Å². The zero-order valence-corrected chi connectivity index (χ0v) is 9.55. The highest BCUT2D eigenvalue weighted by Crippen LogP contribution is 2.27. The smallest absolute Gasteiger partial charge is 0.271 e. The van der Waals surface area contributed by atoms with Gasteiger partial charge in [0.1, 0.15) is 0 Å². The van der Waals surface area contributed by atoms with Crippen molar-refractivity contribution in [3.05, 3.63) is 28.3 Å². The van der Waals surface area contributed by atoms with E-state index >= 15 is 0 Å². The Bertz CT molecular complexity index is 436. The van der Waals surface area contributed by atoms with Crippen LogP contribution in [0.25, 0.3) is 0 Å². The molecule has 92 valence electrons. The summed E-state index contributed by atoms with van der Waals surface area (Å²) in [5.41, 5.74) is 6.89. The fourth-order valence-corrected chi connectivity index (χ4v) is 1.92. The summed E-state index contributed by atoms with van der Waals surface area (Å²) < 4.78 is 5.43. The summed E-state index contributed by atoms with van der Waals surface area (Å²) in [5.74, 6) is 0. The third-order valence-electron chi connectivity index (χ3n) is 2.96. The Morgan fingerprint density at radius 1 is 1.59 bits per heavy atom. The third-order valence-corrected chi connectivity index (χ3v) is 2.96. The maximum atomic E-state index is 10.6. The first kappa shape index (κ1) is 11.7. The molecule has 2 rings (SSSR count). The summed E-state index contributed by atoms with van der Waals surface area (Å²) in [7, 11) is 0. The molecule has 1 aliphatic rings. The van der Waals surface area contributed by atoms with Crippen molar-refractivity contribution in [2.75, 3.05) is 17.7 Å². The molecule has 1 saturated heterocycles. The van der Waals surface area contributed by atoms with Crippen molar-refractivity contribution in [1.82, 2.24) is 0 Å². The number of rotatable bonds is 3.